The van der Waals surface area contributed by atoms with Crippen LogP contribution in [0.5, 0.6) is 0 Å². The minimum absolute atomic E-state index is 0.165. The molecule has 0 spiro atoms. The maximum Gasteiger partial charge on any atom is 0.219 e. The number of carbonyl (C=O) groups is 1. The first-order valence-electron chi connectivity index (χ1n) is 9.54. The smallest absolute Gasteiger partial charge is 0.219 e. The summed E-state index contributed by atoms with van der Waals surface area (Å²) < 4.78 is 0. The van der Waals surface area contributed by atoms with E-state index in [0.717, 1.165) is 55.3 Å². The molecule has 1 atom stereocenters. The summed E-state index contributed by atoms with van der Waals surface area (Å²) in [6.45, 7) is 5.01. The van der Waals surface area contributed by atoms with Crippen LogP contribution in [0.4, 0.5) is 5.69 Å². The second kappa shape index (κ2) is 7.73. The number of rotatable bonds is 3. The van der Waals surface area contributed by atoms with E-state index in [4.69, 9.17) is 16.6 Å². The molecule has 0 aromatic heterocycles. The number of aliphatic imine (C=N–C) groups is 1. The number of hydrogen-bond acceptors (Lipinski definition) is 3. The van der Waals surface area contributed by atoms with Crippen LogP contribution in [0.15, 0.2) is 53.5 Å². The molecule has 0 saturated carbocycles. The number of piperazine rings is 1. The predicted octanol–water partition coefficient (Wildman–Crippen LogP) is 4.33. The molecule has 1 unspecified atom stereocenters. The van der Waals surface area contributed by atoms with E-state index in [2.05, 4.69) is 29.2 Å². The molecule has 2 aliphatic rings. The molecule has 1 fully saturated rings. The van der Waals surface area contributed by atoms with Crippen molar-refractivity contribution in [1.82, 2.24) is 4.90 Å². The van der Waals surface area contributed by atoms with Crippen LogP contribution in [0, 0.1) is 0 Å². The van der Waals surface area contributed by atoms with Crippen LogP contribution in [-0.4, -0.2) is 42.7 Å². The van der Waals surface area contributed by atoms with Crippen molar-refractivity contribution in [1.29, 1.82) is 0 Å². The Morgan fingerprint density at radius 3 is 2.41 bits per heavy atom. The third kappa shape index (κ3) is 3.86. The highest BCUT2D eigenvalue weighted by Crippen LogP contribution is 2.33. The van der Waals surface area contributed by atoms with E-state index in [0.29, 0.717) is 0 Å². The number of nitrogens with zero attached hydrogens (tertiary/aromatic N) is 3. The van der Waals surface area contributed by atoms with E-state index >= 15 is 0 Å². The average Bonchev–Trinajstić information content (AvgIpc) is 3.18. The Kier molecular flexibility index (Phi) is 5.17. The van der Waals surface area contributed by atoms with Gasteiger partial charge in [0.15, 0.2) is 0 Å². The molecule has 0 bridgehead atoms. The first kappa shape index (κ1) is 18.1. The number of anilines is 1. The van der Waals surface area contributed by atoms with Gasteiger partial charge in [0.05, 0.1) is 6.04 Å². The largest absolute Gasteiger partial charge is 0.368 e. The fourth-order valence-electron chi connectivity index (χ4n) is 3.92. The highest BCUT2D eigenvalue weighted by Gasteiger charge is 2.22. The van der Waals surface area contributed by atoms with E-state index in [1.807, 2.05) is 29.2 Å². The van der Waals surface area contributed by atoms with Crippen molar-refractivity contribution in [3.05, 3.63) is 64.7 Å². The normalized spacial score (nSPS) is 19.9. The van der Waals surface area contributed by atoms with Crippen LogP contribution in [0.3, 0.4) is 0 Å². The summed E-state index contributed by atoms with van der Waals surface area (Å²) >= 11 is 6.32. The Morgan fingerprint density at radius 2 is 1.74 bits per heavy atom. The molecule has 0 aliphatic carbocycles. The molecule has 2 heterocycles. The van der Waals surface area contributed by atoms with Gasteiger partial charge in [-0.3, -0.25) is 9.79 Å². The molecule has 0 N–H and O–H groups in total. The monoisotopic (exact) mass is 381 g/mol. The van der Waals surface area contributed by atoms with Crippen molar-refractivity contribution >= 4 is 28.9 Å². The summed E-state index contributed by atoms with van der Waals surface area (Å²) in [6, 6.07) is 16.9. The predicted molar refractivity (Wildman–Crippen MR) is 111 cm³/mol. The van der Waals surface area contributed by atoms with Crippen molar-refractivity contribution in [2.24, 2.45) is 4.99 Å². The van der Waals surface area contributed by atoms with Gasteiger partial charge in [0.1, 0.15) is 0 Å². The van der Waals surface area contributed by atoms with Crippen LogP contribution < -0.4 is 4.90 Å². The van der Waals surface area contributed by atoms with Crippen LogP contribution in [-0.2, 0) is 4.79 Å². The van der Waals surface area contributed by atoms with Crippen molar-refractivity contribution < 1.29 is 4.79 Å². The molecule has 5 heteroatoms. The molecular formula is C22H24ClN3O. The Morgan fingerprint density at radius 1 is 1.04 bits per heavy atom. The first-order valence-corrected chi connectivity index (χ1v) is 9.91. The number of carbonyl (C=O) groups excluding carboxylic acids is 1. The maximum absolute atomic E-state index is 11.5. The lowest BCUT2D eigenvalue weighted by atomic mass is 10.0. The van der Waals surface area contributed by atoms with Gasteiger partial charge in [-0.05, 0) is 36.6 Å². The molecule has 140 valence electrons. The first-order chi connectivity index (χ1) is 13.1. The summed E-state index contributed by atoms with van der Waals surface area (Å²) in [5, 5.41) is 0.775. The van der Waals surface area contributed by atoms with Gasteiger partial charge < -0.3 is 9.80 Å². The van der Waals surface area contributed by atoms with Crippen LogP contribution in [0.25, 0.3) is 0 Å². The topological polar surface area (TPSA) is 35.9 Å². The second-order valence-corrected chi connectivity index (χ2v) is 7.60. The lowest BCUT2D eigenvalue weighted by molar-refractivity contribution is -0.129. The van der Waals surface area contributed by atoms with E-state index < -0.39 is 0 Å². The van der Waals surface area contributed by atoms with Gasteiger partial charge in [0, 0.05) is 55.1 Å². The standard InChI is InChI=1S/C22H24ClN3O/c1-16(27)25-12-14-26(15-13-25)18-8-6-17(7-9-18)21-10-11-22(24-21)19-4-2-3-5-20(19)23/h2-9,21H,10-15H2,1H3. The molecule has 2 aromatic carbocycles. The van der Waals surface area contributed by atoms with Crippen LogP contribution in [0.1, 0.15) is 36.9 Å². The van der Waals surface area contributed by atoms with Gasteiger partial charge >= 0.3 is 0 Å². The zero-order valence-electron chi connectivity index (χ0n) is 15.6. The molecule has 0 radical (unpaired) electrons. The van der Waals surface area contributed by atoms with Crippen molar-refractivity contribution in [3.63, 3.8) is 0 Å². The van der Waals surface area contributed by atoms with E-state index in [9.17, 15) is 4.79 Å². The minimum atomic E-state index is 0.165. The number of benzene rings is 2. The molecule has 1 saturated heterocycles. The third-order valence-electron chi connectivity index (χ3n) is 5.52. The van der Waals surface area contributed by atoms with Gasteiger partial charge in [0.25, 0.3) is 0 Å². The van der Waals surface area contributed by atoms with Crippen molar-refractivity contribution in [2.75, 3.05) is 31.1 Å². The molecule has 4 nitrogen and oxygen atoms in total. The van der Waals surface area contributed by atoms with Crippen molar-refractivity contribution in [2.45, 2.75) is 25.8 Å². The Hall–Kier alpha value is -2.33. The molecule has 27 heavy (non-hydrogen) atoms. The van der Waals surface area contributed by atoms with Gasteiger partial charge in [-0.2, -0.15) is 0 Å². The van der Waals surface area contributed by atoms with Gasteiger partial charge in [-0.15, -0.1) is 0 Å². The summed E-state index contributed by atoms with van der Waals surface area (Å²) in [4.78, 5) is 20.7. The maximum atomic E-state index is 11.5. The third-order valence-corrected chi connectivity index (χ3v) is 5.85. The Labute approximate surface area is 165 Å². The van der Waals surface area contributed by atoms with Gasteiger partial charge in [0.2, 0.25) is 5.91 Å². The Bertz CT molecular complexity index is 854. The zero-order chi connectivity index (χ0) is 18.8. The average molecular weight is 382 g/mol. The minimum Gasteiger partial charge on any atom is -0.368 e. The molecule has 1 amide bonds. The lowest BCUT2D eigenvalue weighted by Gasteiger charge is -2.35. The fraction of sp³-hybridized carbons (Fsp3) is 0.364. The van der Waals surface area contributed by atoms with E-state index in [-0.39, 0.29) is 11.9 Å². The summed E-state index contributed by atoms with van der Waals surface area (Å²) in [5.41, 5.74) is 4.63. The fourth-order valence-corrected chi connectivity index (χ4v) is 4.16. The van der Waals surface area contributed by atoms with E-state index in [1.54, 1.807) is 6.92 Å². The number of halogens is 1. The highest BCUT2D eigenvalue weighted by molar-refractivity contribution is 6.34. The summed E-state index contributed by atoms with van der Waals surface area (Å²) in [7, 11) is 0. The Balaban J connectivity index is 1.44. The van der Waals surface area contributed by atoms with Crippen LogP contribution >= 0.6 is 11.6 Å². The SMILES string of the molecule is CC(=O)N1CCN(c2ccc(C3CCC(c4ccccc4Cl)=N3)cc2)CC1. The number of amides is 1. The quantitative estimate of drug-likeness (QED) is 0.793. The van der Waals surface area contributed by atoms with Crippen molar-refractivity contribution in [3.8, 4) is 0 Å². The lowest BCUT2D eigenvalue weighted by Crippen LogP contribution is -2.48. The zero-order valence-corrected chi connectivity index (χ0v) is 16.3. The highest BCUT2D eigenvalue weighted by atomic mass is 35.5. The second-order valence-electron chi connectivity index (χ2n) is 7.19. The molecule has 2 aliphatic heterocycles. The molecular weight excluding hydrogens is 358 g/mol. The van der Waals surface area contributed by atoms with Gasteiger partial charge in [-0.1, -0.05) is 41.9 Å². The summed E-state index contributed by atoms with van der Waals surface area (Å²) in [6.07, 6.45) is 1.99. The van der Waals surface area contributed by atoms with Gasteiger partial charge in [-0.25, -0.2) is 0 Å². The summed E-state index contributed by atoms with van der Waals surface area (Å²) in [5.74, 6) is 0.165. The van der Waals surface area contributed by atoms with Crippen LogP contribution in [0.2, 0.25) is 5.02 Å². The van der Waals surface area contributed by atoms with E-state index in [1.165, 1.54) is 11.3 Å². The number of hydrogen-bond donors (Lipinski definition) is 0. The molecule has 4 rings (SSSR count). The molecule has 2 aromatic rings.